The second-order valence-electron chi connectivity index (χ2n) is 10.5. The molecule has 1 aliphatic heterocycles. The van der Waals surface area contributed by atoms with E-state index in [1.165, 1.54) is 16.7 Å². The van der Waals surface area contributed by atoms with E-state index in [0.717, 1.165) is 50.0 Å². The molecule has 0 unspecified atom stereocenters. The second kappa shape index (κ2) is 10.7. The van der Waals surface area contributed by atoms with Gasteiger partial charge in [-0.05, 0) is 60.9 Å². The zero-order valence-electron chi connectivity index (χ0n) is 21.7. The van der Waals surface area contributed by atoms with Gasteiger partial charge >= 0.3 is 0 Å². The Morgan fingerprint density at radius 2 is 1.66 bits per heavy atom. The summed E-state index contributed by atoms with van der Waals surface area (Å²) in [7, 11) is 0. The third-order valence-electron chi connectivity index (χ3n) is 7.04. The highest BCUT2D eigenvalue weighted by molar-refractivity contribution is 5.94. The van der Waals surface area contributed by atoms with Crippen LogP contribution < -0.4 is 5.32 Å². The highest BCUT2D eigenvalue weighted by Crippen LogP contribution is 2.27. The van der Waals surface area contributed by atoms with Gasteiger partial charge in [0, 0.05) is 17.2 Å². The molecule has 4 rings (SSSR count). The molecule has 1 aromatic heterocycles. The van der Waals surface area contributed by atoms with Gasteiger partial charge in [0.15, 0.2) is 0 Å². The van der Waals surface area contributed by atoms with Gasteiger partial charge in [0.05, 0.1) is 6.54 Å². The van der Waals surface area contributed by atoms with Crippen molar-refractivity contribution < 1.29 is 9.32 Å². The predicted molar refractivity (Wildman–Crippen MR) is 140 cm³/mol. The van der Waals surface area contributed by atoms with E-state index in [0.29, 0.717) is 18.3 Å². The molecule has 6 nitrogen and oxygen atoms in total. The van der Waals surface area contributed by atoms with Crippen molar-refractivity contribution in [3.8, 4) is 11.4 Å². The van der Waals surface area contributed by atoms with Crippen LogP contribution in [0.15, 0.2) is 47.0 Å². The fourth-order valence-corrected chi connectivity index (χ4v) is 4.73. The Balaban J connectivity index is 1.32. The maximum absolute atomic E-state index is 13.0. The van der Waals surface area contributed by atoms with Gasteiger partial charge in [-0.15, -0.1) is 0 Å². The summed E-state index contributed by atoms with van der Waals surface area (Å²) in [4.78, 5) is 20.0. The van der Waals surface area contributed by atoms with Gasteiger partial charge in [0.1, 0.15) is 0 Å². The van der Waals surface area contributed by atoms with Crippen molar-refractivity contribution in [2.24, 2.45) is 5.92 Å². The summed E-state index contributed by atoms with van der Waals surface area (Å²) < 4.78 is 5.54. The maximum atomic E-state index is 13.0. The molecule has 0 bridgehead atoms. The summed E-state index contributed by atoms with van der Waals surface area (Å²) in [5, 5.41) is 7.44. The van der Waals surface area contributed by atoms with E-state index in [1.807, 2.05) is 0 Å². The van der Waals surface area contributed by atoms with E-state index in [-0.39, 0.29) is 17.2 Å². The minimum absolute atomic E-state index is 0.0282. The number of carbonyl (C=O) groups is 1. The number of rotatable bonds is 7. The van der Waals surface area contributed by atoms with Gasteiger partial charge in [-0.1, -0.05) is 82.2 Å². The highest BCUT2D eigenvalue weighted by atomic mass is 16.5. The molecule has 0 atom stereocenters. The number of hydrogen-bond acceptors (Lipinski definition) is 5. The van der Waals surface area contributed by atoms with E-state index in [1.54, 1.807) is 0 Å². The Hall–Kier alpha value is -2.99. The SMILES string of the molecule is CCc1cccc(CC)c1NC(=O)C1CCN(Cc2nc(-c3ccc(C(C)(C)C)cc3)no2)CC1. The van der Waals surface area contributed by atoms with E-state index >= 15 is 0 Å². The molecule has 0 spiro atoms. The Labute approximate surface area is 209 Å². The van der Waals surface area contributed by atoms with Gasteiger partial charge in [-0.25, -0.2) is 0 Å². The zero-order valence-corrected chi connectivity index (χ0v) is 21.7. The number of carbonyl (C=O) groups excluding carboxylic acids is 1. The first-order chi connectivity index (χ1) is 16.8. The van der Waals surface area contributed by atoms with Crippen LogP contribution in [0.5, 0.6) is 0 Å². The molecule has 2 heterocycles. The van der Waals surface area contributed by atoms with Crippen LogP contribution >= 0.6 is 0 Å². The van der Waals surface area contributed by atoms with Gasteiger partial charge in [-0.3, -0.25) is 9.69 Å². The number of piperidine rings is 1. The second-order valence-corrected chi connectivity index (χ2v) is 10.5. The summed E-state index contributed by atoms with van der Waals surface area (Å²) in [5.74, 6) is 1.41. The smallest absolute Gasteiger partial charge is 0.241 e. The first-order valence-corrected chi connectivity index (χ1v) is 12.9. The lowest BCUT2D eigenvalue weighted by molar-refractivity contribution is -0.121. The number of benzene rings is 2. The molecule has 2 aromatic carbocycles. The molecule has 1 aliphatic rings. The first kappa shape index (κ1) is 25.1. The van der Waals surface area contributed by atoms with Crippen molar-refractivity contribution in [1.29, 1.82) is 0 Å². The van der Waals surface area contributed by atoms with Gasteiger partial charge < -0.3 is 9.84 Å². The van der Waals surface area contributed by atoms with E-state index in [9.17, 15) is 4.79 Å². The zero-order chi connectivity index (χ0) is 25.0. The largest absolute Gasteiger partial charge is 0.338 e. The number of nitrogens with one attached hydrogen (secondary N) is 1. The molecule has 0 radical (unpaired) electrons. The van der Waals surface area contributed by atoms with Crippen LogP contribution in [0.1, 0.15) is 70.0 Å². The standard InChI is InChI=1S/C29H38N4O2/c1-6-20-9-8-10-21(7-2)26(20)31-28(34)23-15-17-33(18-16-23)19-25-30-27(32-35-25)22-11-13-24(14-12-22)29(3,4)5/h8-14,23H,6-7,15-19H2,1-5H3,(H,31,34). The minimum Gasteiger partial charge on any atom is -0.338 e. The summed E-state index contributed by atoms with van der Waals surface area (Å²) in [6, 6.07) is 14.7. The molecule has 1 N–H and O–H groups in total. The number of likely N-dealkylation sites (tertiary alicyclic amines) is 1. The number of para-hydroxylation sites is 1. The highest BCUT2D eigenvalue weighted by Gasteiger charge is 2.27. The summed E-state index contributed by atoms with van der Waals surface area (Å²) in [6.45, 7) is 13.2. The lowest BCUT2D eigenvalue weighted by atomic mass is 9.87. The number of anilines is 1. The van der Waals surface area contributed by atoms with Crippen molar-refractivity contribution in [3.63, 3.8) is 0 Å². The Morgan fingerprint density at radius 3 is 2.23 bits per heavy atom. The lowest BCUT2D eigenvalue weighted by Gasteiger charge is -2.30. The number of nitrogens with zero attached hydrogens (tertiary/aromatic N) is 3. The number of hydrogen-bond donors (Lipinski definition) is 1. The summed E-state index contributed by atoms with van der Waals surface area (Å²) in [5.41, 5.74) is 5.77. The fraction of sp³-hybridized carbons (Fsp3) is 0.483. The molecule has 186 valence electrons. The molecule has 3 aromatic rings. The first-order valence-electron chi connectivity index (χ1n) is 12.9. The Kier molecular flexibility index (Phi) is 7.70. The van der Waals surface area contributed by atoms with Crippen LogP contribution in [0, 0.1) is 5.92 Å². The van der Waals surface area contributed by atoms with E-state index < -0.39 is 0 Å². The molecule has 6 heteroatoms. The fourth-order valence-electron chi connectivity index (χ4n) is 4.73. The average molecular weight is 475 g/mol. The van der Waals surface area contributed by atoms with Crippen LogP contribution in [-0.4, -0.2) is 34.0 Å². The monoisotopic (exact) mass is 474 g/mol. The van der Waals surface area contributed by atoms with Crippen molar-refractivity contribution in [3.05, 3.63) is 65.0 Å². The van der Waals surface area contributed by atoms with Crippen LogP contribution in [0.3, 0.4) is 0 Å². The molecular formula is C29H38N4O2. The van der Waals surface area contributed by atoms with E-state index in [4.69, 9.17) is 4.52 Å². The molecule has 1 fully saturated rings. The molecule has 1 amide bonds. The topological polar surface area (TPSA) is 71.3 Å². The average Bonchev–Trinajstić information content (AvgIpc) is 3.32. The van der Waals surface area contributed by atoms with Crippen molar-refractivity contribution in [1.82, 2.24) is 15.0 Å². The molecule has 0 saturated carbocycles. The summed E-state index contributed by atoms with van der Waals surface area (Å²) in [6.07, 6.45) is 3.48. The van der Waals surface area contributed by atoms with Crippen LogP contribution in [0.25, 0.3) is 11.4 Å². The van der Waals surface area contributed by atoms with Crippen molar-refractivity contribution in [2.45, 2.75) is 72.3 Å². The van der Waals surface area contributed by atoms with Crippen LogP contribution in [0.4, 0.5) is 5.69 Å². The van der Waals surface area contributed by atoms with Gasteiger partial charge in [-0.2, -0.15) is 4.98 Å². The van der Waals surface area contributed by atoms with E-state index in [2.05, 4.69) is 97.4 Å². The summed E-state index contributed by atoms with van der Waals surface area (Å²) >= 11 is 0. The van der Waals surface area contributed by atoms with Gasteiger partial charge in [0.2, 0.25) is 17.6 Å². The third-order valence-corrected chi connectivity index (χ3v) is 7.04. The Bertz CT molecular complexity index is 1110. The molecule has 0 aliphatic carbocycles. The van der Waals surface area contributed by atoms with Crippen LogP contribution in [-0.2, 0) is 29.6 Å². The molecular weight excluding hydrogens is 436 g/mol. The third kappa shape index (κ3) is 5.99. The number of aromatic nitrogens is 2. The van der Waals surface area contributed by atoms with Crippen LogP contribution in [0.2, 0.25) is 0 Å². The van der Waals surface area contributed by atoms with Crippen molar-refractivity contribution in [2.75, 3.05) is 18.4 Å². The van der Waals surface area contributed by atoms with Gasteiger partial charge in [0.25, 0.3) is 0 Å². The minimum atomic E-state index is 0.0282. The maximum Gasteiger partial charge on any atom is 0.241 e. The number of amides is 1. The molecule has 35 heavy (non-hydrogen) atoms. The normalized spacial score (nSPS) is 15.3. The quantitative estimate of drug-likeness (QED) is 0.454. The predicted octanol–water partition coefficient (Wildman–Crippen LogP) is 6.01. The molecule has 1 saturated heterocycles. The Morgan fingerprint density at radius 1 is 1.03 bits per heavy atom. The number of aryl methyl sites for hydroxylation is 2. The van der Waals surface area contributed by atoms with Crippen molar-refractivity contribution >= 4 is 11.6 Å². The lowest BCUT2D eigenvalue weighted by Crippen LogP contribution is -2.38.